The topological polar surface area (TPSA) is 99.0 Å². The second kappa shape index (κ2) is 7.98. The molecule has 0 saturated heterocycles. The van der Waals surface area contributed by atoms with Crippen LogP contribution in [0.1, 0.15) is 17.4 Å². The fourth-order valence-corrected chi connectivity index (χ4v) is 3.38. The Morgan fingerprint density at radius 2 is 2.03 bits per heavy atom. The standard InChI is InChI=1S/C21H20ClN5O2/c1-28-20-10-18-15(9-17(20)23)21(24)27(12-26-18)19-6-5-14(8-16(19)22)29-11-13-4-2-3-7-25-13/h2-10,12,21H,11,23-24H2,1H3. The minimum absolute atomic E-state index is 0.357. The predicted molar refractivity (Wildman–Crippen MR) is 115 cm³/mol. The third-order valence-electron chi connectivity index (χ3n) is 4.63. The van der Waals surface area contributed by atoms with Gasteiger partial charge in [0, 0.05) is 23.9 Å². The van der Waals surface area contributed by atoms with Crippen molar-refractivity contribution >= 4 is 35.0 Å². The zero-order chi connectivity index (χ0) is 20.4. The second-order valence-electron chi connectivity index (χ2n) is 6.47. The van der Waals surface area contributed by atoms with E-state index in [2.05, 4.69) is 9.98 Å². The molecule has 148 valence electrons. The highest BCUT2D eigenvalue weighted by atomic mass is 35.5. The second-order valence-corrected chi connectivity index (χ2v) is 6.88. The van der Waals surface area contributed by atoms with Gasteiger partial charge in [0.1, 0.15) is 24.3 Å². The molecule has 0 fully saturated rings. The largest absolute Gasteiger partial charge is 0.495 e. The zero-order valence-corrected chi connectivity index (χ0v) is 16.5. The number of hydrogen-bond acceptors (Lipinski definition) is 7. The Balaban J connectivity index is 1.55. The van der Waals surface area contributed by atoms with Crippen molar-refractivity contribution in [1.29, 1.82) is 0 Å². The first-order valence-corrected chi connectivity index (χ1v) is 9.32. The third kappa shape index (κ3) is 3.83. The van der Waals surface area contributed by atoms with Gasteiger partial charge in [-0.1, -0.05) is 17.7 Å². The number of halogens is 1. The van der Waals surface area contributed by atoms with Gasteiger partial charge in [0.15, 0.2) is 0 Å². The van der Waals surface area contributed by atoms with E-state index in [1.54, 1.807) is 42.7 Å². The van der Waals surface area contributed by atoms with E-state index in [9.17, 15) is 0 Å². The van der Waals surface area contributed by atoms with Crippen LogP contribution in [0.5, 0.6) is 11.5 Å². The van der Waals surface area contributed by atoms with Crippen LogP contribution in [0.15, 0.2) is 59.7 Å². The summed E-state index contributed by atoms with van der Waals surface area (Å²) in [6.07, 6.45) is 2.89. The van der Waals surface area contributed by atoms with Gasteiger partial charge in [-0.3, -0.25) is 4.98 Å². The molecule has 2 aromatic carbocycles. The van der Waals surface area contributed by atoms with Gasteiger partial charge in [0.25, 0.3) is 0 Å². The molecular weight excluding hydrogens is 390 g/mol. The fourth-order valence-electron chi connectivity index (χ4n) is 3.11. The number of hydrogen-bond donors (Lipinski definition) is 2. The fraction of sp³-hybridized carbons (Fsp3) is 0.143. The smallest absolute Gasteiger partial charge is 0.143 e. The van der Waals surface area contributed by atoms with Crippen molar-refractivity contribution in [2.24, 2.45) is 10.7 Å². The van der Waals surface area contributed by atoms with E-state index < -0.39 is 6.17 Å². The number of ether oxygens (including phenoxy) is 2. The number of pyridine rings is 1. The molecule has 0 spiro atoms. The Hall–Kier alpha value is -3.29. The maximum Gasteiger partial charge on any atom is 0.143 e. The number of nitrogens with zero attached hydrogens (tertiary/aromatic N) is 3. The minimum Gasteiger partial charge on any atom is -0.495 e. The van der Waals surface area contributed by atoms with Gasteiger partial charge in [-0.25, -0.2) is 4.99 Å². The maximum absolute atomic E-state index is 6.52. The van der Waals surface area contributed by atoms with Gasteiger partial charge >= 0.3 is 0 Å². The molecule has 2 heterocycles. The summed E-state index contributed by atoms with van der Waals surface area (Å²) in [5, 5.41) is 0.496. The molecule has 8 heteroatoms. The minimum atomic E-state index is -0.492. The van der Waals surface area contributed by atoms with Gasteiger partial charge in [0.05, 0.1) is 41.2 Å². The van der Waals surface area contributed by atoms with E-state index >= 15 is 0 Å². The van der Waals surface area contributed by atoms with E-state index in [1.165, 1.54) is 0 Å². The summed E-state index contributed by atoms with van der Waals surface area (Å²) >= 11 is 6.52. The van der Waals surface area contributed by atoms with Crippen LogP contribution < -0.4 is 25.8 Å². The molecule has 4 rings (SSSR count). The summed E-state index contributed by atoms with van der Waals surface area (Å²) in [4.78, 5) is 10.5. The highest BCUT2D eigenvalue weighted by Gasteiger charge is 2.25. The van der Waals surface area contributed by atoms with Crippen LogP contribution >= 0.6 is 11.6 Å². The first-order chi connectivity index (χ1) is 14.1. The van der Waals surface area contributed by atoms with Crippen molar-refractivity contribution in [3.05, 3.63) is 71.0 Å². The molecule has 1 aromatic heterocycles. The summed E-state index contributed by atoms with van der Waals surface area (Å²) in [7, 11) is 1.56. The average molecular weight is 410 g/mol. The quantitative estimate of drug-likeness (QED) is 0.617. The number of aliphatic imine (C=N–C) groups is 1. The molecule has 1 unspecified atom stereocenters. The van der Waals surface area contributed by atoms with Crippen molar-refractivity contribution in [2.75, 3.05) is 17.7 Å². The van der Waals surface area contributed by atoms with Crippen LogP contribution in [-0.4, -0.2) is 18.4 Å². The Kier molecular flexibility index (Phi) is 5.24. The number of methoxy groups -OCH3 is 1. The van der Waals surface area contributed by atoms with Crippen LogP contribution in [-0.2, 0) is 6.61 Å². The third-order valence-corrected chi connectivity index (χ3v) is 4.93. The highest BCUT2D eigenvalue weighted by molar-refractivity contribution is 6.33. The Morgan fingerprint density at radius 1 is 1.17 bits per heavy atom. The van der Waals surface area contributed by atoms with E-state index in [-0.39, 0.29) is 0 Å². The Bertz CT molecular complexity index is 1060. The van der Waals surface area contributed by atoms with Crippen molar-refractivity contribution in [1.82, 2.24) is 4.98 Å². The number of nitrogens with two attached hydrogens (primary N) is 2. The lowest BCUT2D eigenvalue weighted by Crippen LogP contribution is -2.35. The monoisotopic (exact) mass is 409 g/mol. The molecule has 3 aromatic rings. The maximum atomic E-state index is 6.52. The molecule has 0 radical (unpaired) electrons. The number of aromatic nitrogens is 1. The summed E-state index contributed by atoms with van der Waals surface area (Å²) in [5.74, 6) is 1.20. The van der Waals surface area contributed by atoms with Gasteiger partial charge in [0.2, 0.25) is 0 Å². The van der Waals surface area contributed by atoms with Crippen LogP contribution in [0.3, 0.4) is 0 Å². The molecular formula is C21H20ClN5O2. The lowest BCUT2D eigenvalue weighted by Gasteiger charge is -2.32. The Morgan fingerprint density at radius 3 is 2.76 bits per heavy atom. The zero-order valence-electron chi connectivity index (χ0n) is 15.7. The SMILES string of the molecule is COc1cc2c(cc1N)C(N)N(c1ccc(OCc3ccccn3)cc1Cl)C=N2. The van der Waals surface area contributed by atoms with Crippen molar-refractivity contribution in [3.63, 3.8) is 0 Å². The summed E-state index contributed by atoms with van der Waals surface area (Å²) in [6.45, 7) is 0.357. The molecule has 0 amide bonds. The van der Waals surface area contributed by atoms with Crippen LogP contribution in [0.25, 0.3) is 0 Å². The molecule has 1 aliphatic heterocycles. The highest BCUT2D eigenvalue weighted by Crippen LogP contribution is 2.40. The molecule has 0 bridgehead atoms. The van der Waals surface area contributed by atoms with Crippen LogP contribution in [0.4, 0.5) is 17.1 Å². The molecule has 0 saturated carbocycles. The Labute approximate surface area is 173 Å². The lowest BCUT2D eigenvalue weighted by atomic mass is 10.1. The number of rotatable bonds is 5. The average Bonchev–Trinajstić information content (AvgIpc) is 2.74. The summed E-state index contributed by atoms with van der Waals surface area (Å²) < 4.78 is 11.0. The van der Waals surface area contributed by atoms with E-state index in [0.29, 0.717) is 40.2 Å². The van der Waals surface area contributed by atoms with Crippen molar-refractivity contribution in [3.8, 4) is 11.5 Å². The number of nitrogen functional groups attached to an aromatic ring is 1. The predicted octanol–water partition coefficient (Wildman–Crippen LogP) is 4.04. The number of fused-ring (bicyclic) bond motifs is 1. The van der Waals surface area contributed by atoms with Crippen molar-refractivity contribution < 1.29 is 9.47 Å². The first-order valence-electron chi connectivity index (χ1n) is 8.94. The molecule has 0 aliphatic carbocycles. The van der Waals surface area contributed by atoms with Gasteiger partial charge in [-0.2, -0.15) is 0 Å². The van der Waals surface area contributed by atoms with E-state index in [4.69, 9.17) is 32.5 Å². The van der Waals surface area contributed by atoms with E-state index in [0.717, 1.165) is 11.3 Å². The van der Waals surface area contributed by atoms with E-state index in [1.807, 2.05) is 30.3 Å². The number of anilines is 2. The first kappa shape index (κ1) is 19.0. The normalized spacial score (nSPS) is 15.1. The lowest BCUT2D eigenvalue weighted by molar-refractivity contribution is 0.301. The van der Waals surface area contributed by atoms with Crippen LogP contribution in [0, 0.1) is 0 Å². The molecule has 4 N–H and O–H groups in total. The number of benzene rings is 2. The van der Waals surface area contributed by atoms with Gasteiger partial charge < -0.3 is 25.8 Å². The van der Waals surface area contributed by atoms with Gasteiger partial charge in [-0.15, -0.1) is 0 Å². The summed E-state index contributed by atoms with van der Waals surface area (Å²) in [6, 6.07) is 14.7. The molecule has 7 nitrogen and oxygen atoms in total. The summed E-state index contributed by atoms with van der Waals surface area (Å²) in [5.41, 5.74) is 16.1. The van der Waals surface area contributed by atoms with Crippen molar-refractivity contribution in [2.45, 2.75) is 12.8 Å². The molecule has 1 aliphatic rings. The van der Waals surface area contributed by atoms with Crippen LogP contribution in [0.2, 0.25) is 5.02 Å². The van der Waals surface area contributed by atoms with Gasteiger partial charge in [-0.05, 0) is 30.3 Å². The molecule has 29 heavy (non-hydrogen) atoms. The molecule has 1 atom stereocenters.